The number of benzene rings is 1. The zero-order valence-corrected chi connectivity index (χ0v) is 13.4. The fourth-order valence-corrected chi connectivity index (χ4v) is 2.76. The van der Waals surface area contributed by atoms with Gasteiger partial charge < -0.3 is 10.1 Å². The molecule has 1 N–H and O–H groups in total. The zero-order valence-electron chi connectivity index (χ0n) is 12.7. The highest BCUT2D eigenvalue weighted by Crippen LogP contribution is 2.28. The van der Waals surface area contributed by atoms with Crippen LogP contribution in [0.5, 0.6) is 5.75 Å². The van der Waals surface area contributed by atoms with Crippen molar-refractivity contribution in [2.45, 2.75) is 25.8 Å². The van der Waals surface area contributed by atoms with E-state index in [9.17, 15) is 0 Å². The molecule has 0 spiro atoms. The van der Waals surface area contributed by atoms with Crippen LogP contribution < -0.4 is 10.1 Å². The first-order chi connectivity index (χ1) is 10.2. The summed E-state index contributed by atoms with van der Waals surface area (Å²) in [5, 5.41) is 4.11. The van der Waals surface area contributed by atoms with E-state index in [1.165, 1.54) is 11.1 Å². The van der Waals surface area contributed by atoms with Crippen molar-refractivity contribution in [1.29, 1.82) is 0 Å². The van der Waals surface area contributed by atoms with Crippen molar-refractivity contribution >= 4 is 11.6 Å². The molecule has 0 amide bonds. The topological polar surface area (TPSA) is 34.1 Å². The van der Waals surface area contributed by atoms with Crippen LogP contribution in [0.2, 0.25) is 5.02 Å². The van der Waals surface area contributed by atoms with E-state index < -0.39 is 0 Å². The van der Waals surface area contributed by atoms with Gasteiger partial charge in [0.1, 0.15) is 5.75 Å². The maximum absolute atomic E-state index is 6.12. The number of methoxy groups -OCH3 is 1. The first kappa shape index (κ1) is 15.8. The van der Waals surface area contributed by atoms with Crippen molar-refractivity contribution in [3.05, 3.63) is 58.4 Å². The molecule has 2 aromatic rings. The molecule has 1 aromatic heterocycles. The molecule has 2 rings (SSSR count). The van der Waals surface area contributed by atoms with Gasteiger partial charge in [0.05, 0.1) is 7.11 Å². The fourth-order valence-electron chi connectivity index (χ4n) is 2.57. The molecule has 0 aliphatic carbocycles. The van der Waals surface area contributed by atoms with Crippen LogP contribution in [0.15, 0.2) is 36.7 Å². The lowest BCUT2D eigenvalue weighted by atomic mass is 9.95. The van der Waals surface area contributed by atoms with Crippen LogP contribution in [0.1, 0.15) is 29.7 Å². The number of rotatable bonds is 6. The Kier molecular flexibility index (Phi) is 5.59. The summed E-state index contributed by atoms with van der Waals surface area (Å²) in [6.07, 6.45) is 5.56. The number of likely N-dealkylation sites (N-methyl/N-ethyl adjacent to an activating group) is 1. The first-order valence-corrected chi connectivity index (χ1v) is 7.49. The Bertz CT molecular complexity index is 601. The molecule has 0 saturated heterocycles. The first-order valence-electron chi connectivity index (χ1n) is 7.12. The molecule has 1 aromatic carbocycles. The number of hydrogen-bond donors (Lipinski definition) is 1. The molecule has 4 heteroatoms. The van der Waals surface area contributed by atoms with E-state index in [-0.39, 0.29) is 6.04 Å². The second-order valence-electron chi connectivity index (χ2n) is 4.93. The Hall–Kier alpha value is -1.58. The highest BCUT2D eigenvalue weighted by molar-refractivity contribution is 6.30. The number of aromatic nitrogens is 1. The number of aryl methyl sites for hydroxylation is 1. The summed E-state index contributed by atoms with van der Waals surface area (Å²) < 4.78 is 5.44. The molecule has 0 saturated carbocycles. The van der Waals surface area contributed by atoms with Crippen molar-refractivity contribution in [3.8, 4) is 5.75 Å². The lowest BCUT2D eigenvalue weighted by molar-refractivity contribution is 0.406. The summed E-state index contributed by atoms with van der Waals surface area (Å²) >= 11 is 6.12. The molecule has 21 heavy (non-hydrogen) atoms. The van der Waals surface area contributed by atoms with Gasteiger partial charge in [-0.25, -0.2) is 0 Å². The molecular formula is C17H21ClN2O. The van der Waals surface area contributed by atoms with Gasteiger partial charge in [0, 0.05) is 23.5 Å². The van der Waals surface area contributed by atoms with E-state index in [0.717, 1.165) is 29.2 Å². The van der Waals surface area contributed by atoms with Crippen LogP contribution in [-0.2, 0) is 12.8 Å². The van der Waals surface area contributed by atoms with Crippen LogP contribution in [0.25, 0.3) is 0 Å². The van der Waals surface area contributed by atoms with E-state index in [1.807, 2.05) is 37.6 Å². The monoisotopic (exact) mass is 304 g/mol. The van der Waals surface area contributed by atoms with Gasteiger partial charge in [0.2, 0.25) is 0 Å². The molecule has 112 valence electrons. The van der Waals surface area contributed by atoms with Gasteiger partial charge in [-0.3, -0.25) is 4.98 Å². The van der Waals surface area contributed by atoms with Crippen LogP contribution in [-0.4, -0.2) is 19.1 Å². The summed E-state index contributed by atoms with van der Waals surface area (Å²) in [5.41, 5.74) is 3.64. The highest BCUT2D eigenvalue weighted by Gasteiger charge is 2.16. The van der Waals surface area contributed by atoms with Crippen LogP contribution >= 0.6 is 11.6 Å². The van der Waals surface area contributed by atoms with Gasteiger partial charge in [-0.15, -0.1) is 0 Å². The molecule has 0 bridgehead atoms. The smallest absolute Gasteiger partial charge is 0.122 e. The summed E-state index contributed by atoms with van der Waals surface area (Å²) in [7, 11) is 3.66. The molecule has 0 fully saturated rings. The Morgan fingerprint density at radius 3 is 2.76 bits per heavy atom. The van der Waals surface area contributed by atoms with Gasteiger partial charge in [0.25, 0.3) is 0 Å². The Balaban J connectivity index is 2.33. The molecule has 1 atom stereocenters. The van der Waals surface area contributed by atoms with Crippen LogP contribution in [0.3, 0.4) is 0 Å². The zero-order chi connectivity index (χ0) is 15.2. The maximum Gasteiger partial charge on any atom is 0.122 e. The largest absolute Gasteiger partial charge is 0.496 e. The van der Waals surface area contributed by atoms with E-state index in [2.05, 4.69) is 23.3 Å². The second kappa shape index (κ2) is 7.43. The predicted octanol–water partition coefficient (Wildman–Crippen LogP) is 3.81. The van der Waals surface area contributed by atoms with Crippen LogP contribution in [0, 0.1) is 0 Å². The molecular weight excluding hydrogens is 284 g/mol. The molecule has 0 aliphatic heterocycles. The minimum Gasteiger partial charge on any atom is -0.496 e. The standard InChI is InChI=1S/C17H21ClN2O/c1-4-12-11-20-8-7-15(12)16(19-2)10-13-9-14(18)5-6-17(13)21-3/h5-9,11,16,19H,4,10H2,1-3H3. The van der Waals surface area contributed by atoms with Gasteiger partial charge in [-0.1, -0.05) is 18.5 Å². The quantitative estimate of drug-likeness (QED) is 0.881. The van der Waals surface area contributed by atoms with Crippen molar-refractivity contribution in [2.24, 2.45) is 0 Å². The summed E-state index contributed by atoms with van der Waals surface area (Å²) in [6.45, 7) is 2.15. The van der Waals surface area contributed by atoms with E-state index >= 15 is 0 Å². The molecule has 1 unspecified atom stereocenters. The Morgan fingerprint density at radius 1 is 1.29 bits per heavy atom. The number of nitrogens with one attached hydrogen (secondary N) is 1. The van der Waals surface area contributed by atoms with E-state index in [0.29, 0.717) is 0 Å². The Morgan fingerprint density at radius 2 is 2.10 bits per heavy atom. The average Bonchev–Trinajstić information content (AvgIpc) is 2.52. The summed E-state index contributed by atoms with van der Waals surface area (Å²) in [4.78, 5) is 4.21. The fraction of sp³-hybridized carbons (Fsp3) is 0.353. The van der Waals surface area contributed by atoms with Gasteiger partial charge >= 0.3 is 0 Å². The minimum absolute atomic E-state index is 0.204. The molecule has 0 radical (unpaired) electrons. The normalized spacial score (nSPS) is 12.2. The third-order valence-corrected chi connectivity index (χ3v) is 3.95. The summed E-state index contributed by atoms with van der Waals surface area (Å²) in [5.74, 6) is 0.867. The van der Waals surface area contributed by atoms with E-state index in [1.54, 1.807) is 7.11 Å². The minimum atomic E-state index is 0.204. The van der Waals surface area contributed by atoms with Crippen molar-refractivity contribution in [2.75, 3.05) is 14.2 Å². The number of hydrogen-bond acceptors (Lipinski definition) is 3. The lowest BCUT2D eigenvalue weighted by Gasteiger charge is -2.21. The van der Waals surface area contributed by atoms with E-state index in [4.69, 9.17) is 16.3 Å². The van der Waals surface area contributed by atoms with Crippen molar-refractivity contribution < 1.29 is 4.74 Å². The average molecular weight is 305 g/mol. The third-order valence-electron chi connectivity index (χ3n) is 3.71. The number of halogens is 1. The number of nitrogens with zero attached hydrogens (tertiary/aromatic N) is 1. The van der Waals surface area contributed by atoms with Crippen molar-refractivity contribution in [1.82, 2.24) is 10.3 Å². The molecule has 1 heterocycles. The predicted molar refractivity (Wildman–Crippen MR) is 87.1 cm³/mol. The third kappa shape index (κ3) is 3.74. The van der Waals surface area contributed by atoms with Crippen molar-refractivity contribution in [3.63, 3.8) is 0 Å². The summed E-state index contributed by atoms with van der Waals surface area (Å²) in [6, 6.07) is 8.02. The maximum atomic E-state index is 6.12. The highest BCUT2D eigenvalue weighted by atomic mass is 35.5. The van der Waals surface area contributed by atoms with Gasteiger partial charge in [-0.05, 0) is 60.8 Å². The van der Waals surface area contributed by atoms with Crippen LogP contribution in [0.4, 0.5) is 0 Å². The SMILES string of the molecule is CCc1cnccc1C(Cc1cc(Cl)ccc1OC)NC. The molecule has 0 aliphatic rings. The lowest BCUT2D eigenvalue weighted by Crippen LogP contribution is -2.20. The molecule has 3 nitrogen and oxygen atoms in total. The van der Waals surface area contributed by atoms with Gasteiger partial charge in [0.15, 0.2) is 0 Å². The Labute approximate surface area is 131 Å². The number of pyridine rings is 1. The number of ether oxygens (including phenoxy) is 1. The second-order valence-corrected chi connectivity index (χ2v) is 5.37. The van der Waals surface area contributed by atoms with Gasteiger partial charge in [-0.2, -0.15) is 0 Å².